The van der Waals surface area contributed by atoms with Gasteiger partial charge in [-0.05, 0) is 74.1 Å². The molecule has 3 aromatic rings. The molecule has 4 rings (SSSR count). The van der Waals surface area contributed by atoms with Crippen molar-refractivity contribution in [2.24, 2.45) is 0 Å². The van der Waals surface area contributed by atoms with Crippen molar-refractivity contribution in [1.29, 1.82) is 0 Å². The predicted molar refractivity (Wildman–Crippen MR) is 138 cm³/mol. The third kappa shape index (κ3) is 5.42. The highest BCUT2D eigenvalue weighted by atomic mass is 32.3. The van der Waals surface area contributed by atoms with Crippen molar-refractivity contribution >= 4 is 27.9 Å². The number of carbonyl (C=O) groups is 1. The lowest BCUT2D eigenvalue weighted by molar-refractivity contribution is 0.102. The average Bonchev–Trinajstić information content (AvgIpc) is 3.29. The third-order valence-corrected chi connectivity index (χ3v) is 7.39. The van der Waals surface area contributed by atoms with Crippen LogP contribution in [0.4, 0.5) is 15.8 Å². The zero-order chi connectivity index (χ0) is 24.5. The standard InChI is InChI=1S/C26H30FN3O3S/c1-29(2)22-14-15-30(17-22)25-13-10-21(16-24(25)27)28-26(31)20-6-4-18(5-7-20)19-8-11-23(12-9-19)34(3,32)33/h4-13,16,22,32-33H,14-15,17H2,1-3H3,(H,28,31). The lowest BCUT2D eigenvalue weighted by Gasteiger charge is -2.26. The largest absolute Gasteiger partial charge is 0.368 e. The number of likely N-dealkylation sites (N-methyl/N-ethyl adjacent to an activating group) is 1. The molecule has 1 amide bonds. The molecule has 180 valence electrons. The zero-order valence-electron chi connectivity index (χ0n) is 19.5. The Morgan fingerprint density at radius 2 is 1.65 bits per heavy atom. The average molecular weight is 484 g/mol. The Hall–Kier alpha value is -2.91. The number of hydrogen-bond donors (Lipinski definition) is 3. The highest BCUT2D eigenvalue weighted by Gasteiger charge is 2.26. The predicted octanol–water partition coefficient (Wildman–Crippen LogP) is 5.62. The van der Waals surface area contributed by atoms with Crippen LogP contribution in [-0.4, -0.2) is 59.4 Å². The van der Waals surface area contributed by atoms with Crippen molar-refractivity contribution in [3.05, 3.63) is 78.1 Å². The Morgan fingerprint density at radius 1 is 1.03 bits per heavy atom. The zero-order valence-corrected chi connectivity index (χ0v) is 20.3. The molecular formula is C26H30FN3O3S. The van der Waals surface area contributed by atoms with Crippen molar-refractivity contribution in [2.45, 2.75) is 17.4 Å². The summed E-state index contributed by atoms with van der Waals surface area (Å²) < 4.78 is 34.3. The summed E-state index contributed by atoms with van der Waals surface area (Å²) >= 11 is 0. The van der Waals surface area contributed by atoms with E-state index >= 15 is 0 Å². The molecule has 1 atom stereocenters. The van der Waals surface area contributed by atoms with Crippen LogP contribution in [-0.2, 0) is 0 Å². The molecule has 8 heteroatoms. The molecule has 6 nitrogen and oxygen atoms in total. The van der Waals surface area contributed by atoms with E-state index in [1.54, 1.807) is 36.4 Å². The van der Waals surface area contributed by atoms with E-state index in [0.29, 0.717) is 27.9 Å². The monoisotopic (exact) mass is 483 g/mol. The molecule has 0 radical (unpaired) electrons. The Labute approximate surface area is 201 Å². The summed E-state index contributed by atoms with van der Waals surface area (Å²) in [6, 6.07) is 19.3. The van der Waals surface area contributed by atoms with Crippen LogP contribution in [0.1, 0.15) is 16.8 Å². The lowest BCUT2D eigenvalue weighted by atomic mass is 10.0. The Bertz CT molecular complexity index is 1160. The van der Waals surface area contributed by atoms with Crippen LogP contribution in [0, 0.1) is 5.82 Å². The molecule has 1 saturated heterocycles. The summed E-state index contributed by atoms with van der Waals surface area (Å²) in [6.45, 7) is 1.59. The summed E-state index contributed by atoms with van der Waals surface area (Å²) in [7, 11) is 1.32. The van der Waals surface area contributed by atoms with E-state index in [-0.39, 0.29) is 11.7 Å². The van der Waals surface area contributed by atoms with Gasteiger partial charge in [0.1, 0.15) is 5.82 Å². The topological polar surface area (TPSA) is 76.0 Å². The van der Waals surface area contributed by atoms with Crippen LogP contribution in [0.3, 0.4) is 0 Å². The van der Waals surface area contributed by atoms with Crippen molar-refractivity contribution < 1.29 is 18.3 Å². The number of amides is 1. The number of halogens is 1. The number of benzene rings is 3. The molecule has 0 aliphatic carbocycles. The SMILES string of the molecule is CN(C)C1CCN(c2ccc(NC(=O)c3ccc(-c4ccc(S(C)(O)O)cc4)cc3)cc2F)C1. The van der Waals surface area contributed by atoms with Gasteiger partial charge < -0.3 is 15.1 Å². The molecule has 0 saturated carbocycles. The molecule has 34 heavy (non-hydrogen) atoms. The number of hydrogen-bond acceptors (Lipinski definition) is 5. The minimum Gasteiger partial charge on any atom is -0.368 e. The fourth-order valence-electron chi connectivity index (χ4n) is 4.15. The summed E-state index contributed by atoms with van der Waals surface area (Å²) in [4.78, 5) is 17.4. The molecule has 1 aliphatic rings. The van der Waals surface area contributed by atoms with Crippen molar-refractivity contribution in [2.75, 3.05) is 43.7 Å². The van der Waals surface area contributed by atoms with Crippen molar-refractivity contribution in [3.63, 3.8) is 0 Å². The van der Waals surface area contributed by atoms with Gasteiger partial charge in [0, 0.05) is 36.6 Å². The molecular weight excluding hydrogens is 453 g/mol. The van der Waals surface area contributed by atoms with Crippen molar-refractivity contribution in [3.8, 4) is 11.1 Å². The van der Waals surface area contributed by atoms with Gasteiger partial charge in [-0.15, -0.1) is 0 Å². The number of rotatable bonds is 6. The maximum absolute atomic E-state index is 14.8. The molecule has 0 aromatic heterocycles. The first-order chi connectivity index (χ1) is 16.1. The second-order valence-corrected chi connectivity index (χ2v) is 11.0. The van der Waals surface area contributed by atoms with E-state index in [1.165, 1.54) is 12.3 Å². The number of carbonyl (C=O) groups excluding carboxylic acids is 1. The van der Waals surface area contributed by atoms with E-state index in [2.05, 4.69) is 10.2 Å². The van der Waals surface area contributed by atoms with Crippen LogP contribution in [0.15, 0.2) is 71.6 Å². The van der Waals surface area contributed by atoms with Crippen LogP contribution in [0.5, 0.6) is 0 Å². The van der Waals surface area contributed by atoms with Gasteiger partial charge >= 0.3 is 0 Å². The number of anilines is 2. The van der Waals surface area contributed by atoms with Gasteiger partial charge in [0.2, 0.25) is 0 Å². The normalized spacial score (nSPS) is 16.7. The minimum absolute atomic E-state index is 0.317. The van der Waals surface area contributed by atoms with Crippen LogP contribution in [0.2, 0.25) is 0 Å². The van der Waals surface area contributed by atoms with E-state index < -0.39 is 10.6 Å². The molecule has 0 spiro atoms. The smallest absolute Gasteiger partial charge is 0.255 e. The molecule has 3 N–H and O–H groups in total. The van der Waals surface area contributed by atoms with Gasteiger partial charge in [-0.1, -0.05) is 24.3 Å². The Balaban J connectivity index is 1.41. The van der Waals surface area contributed by atoms with E-state index in [0.717, 1.165) is 30.6 Å². The number of nitrogens with one attached hydrogen (secondary N) is 1. The van der Waals surface area contributed by atoms with E-state index in [9.17, 15) is 18.3 Å². The maximum Gasteiger partial charge on any atom is 0.255 e. The van der Waals surface area contributed by atoms with Crippen molar-refractivity contribution in [1.82, 2.24) is 4.90 Å². The van der Waals surface area contributed by atoms with Crippen LogP contribution >= 0.6 is 10.6 Å². The minimum atomic E-state index is -2.75. The molecule has 1 heterocycles. The summed E-state index contributed by atoms with van der Waals surface area (Å²) in [6.07, 6.45) is 2.38. The van der Waals surface area contributed by atoms with Gasteiger partial charge in [0.05, 0.1) is 10.6 Å². The second kappa shape index (κ2) is 9.76. The van der Waals surface area contributed by atoms with Gasteiger partial charge in [-0.25, -0.2) is 4.39 Å². The van der Waals surface area contributed by atoms with E-state index in [1.807, 2.05) is 43.3 Å². The fraction of sp³-hybridized carbons (Fsp3) is 0.269. The van der Waals surface area contributed by atoms with Gasteiger partial charge in [0.25, 0.3) is 5.91 Å². The molecule has 3 aromatic carbocycles. The lowest BCUT2D eigenvalue weighted by Crippen LogP contribution is -2.31. The first-order valence-electron chi connectivity index (χ1n) is 11.1. The van der Waals surface area contributed by atoms with Gasteiger partial charge in [0.15, 0.2) is 0 Å². The van der Waals surface area contributed by atoms with Crippen LogP contribution in [0.25, 0.3) is 11.1 Å². The first-order valence-corrected chi connectivity index (χ1v) is 13.0. The molecule has 1 fully saturated rings. The van der Waals surface area contributed by atoms with Crippen LogP contribution < -0.4 is 10.2 Å². The Morgan fingerprint density at radius 3 is 2.18 bits per heavy atom. The Kier molecular flexibility index (Phi) is 6.95. The first kappa shape index (κ1) is 24.2. The second-order valence-electron chi connectivity index (χ2n) is 8.91. The maximum atomic E-state index is 14.8. The highest BCUT2D eigenvalue weighted by Crippen LogP contribution is 2.44. The van der Waals surface area contributed by atoms with E-state index in [4.69, 9.17) is 0 Å². The number of nitrogens with zero attached hydrogens (tertiary/aromatic N) is 2. The molecule has 1 unspecified atom stereocenters. The molecule has 0 bridgehead atoms. The fourth-order valence-corrected chi connectivity index (χ4v) is 4.80. The summed E-state index contributed by atoms with van der Waals surface area (Å²) in [5.41, 5.74) is 3.22. The summed E-state index contributed by atoms with van der Waals surface area (Å²) in [5, 5.41) is 2.77. The summed E-state index contributed by atoms with van der Waals surface area (Å²) in [5.74, 6) is -0.664. The van der Waals surface area contributed by atoms with Gasteiger partial charge in [-0.2, -0.15) is 10.6 Å². The quantitative estimate of drug-likeness (QED) is 0.424. The molecule has 1 aliphatic heterocycles. The highest BCUT2D eigenvalue weighted by molar-refractivity contribution is 8.23. The third-order valence-electron chi connectivity index (χ3n) is 6.22. The van der Waals surface area contributed by atoms with Gasteiger partial charge in [-0.3, -0.25) is 13.9 Å².